The Morgan fingerprint density at radius 1 is 1.47 bits per heavy atom. The number of amides is 1. The van der Waals surface area contributed by atoms with E-state index >= 15 is 0 Å². The highest BCUT2D eigenvalue weighted by molar-refractivity contribution is 5.81. The molecule has 1 N–H and O–H groups in total. The summed E-state index contributed by atoms with van der Waals surface area (Å²) in [4.78, 5) is 14.1. The van der Waals surface area contributed by atoms with Crippen molar-refractivity contribution in [2.45, 2.75) is 63.9 Å². The summed E-state index contributed by atoms with van der Waals surface area (Å²) in [6.07, 6.45) is 5.36. The fourth-order valence-corrected chi connectivity index (χ4v) is 3.53. The topological polar surface area (TPSA) is 41.6 Å². The van der Waals surface area contributed by atoms with Crippen molar-refractivity contribution in [3.8, 4) is 0 Å². The van der Waals surface area contributed by atoms with E-state index < -0.39 is 0 Å². The molecule has 3 rings (SSSR count). The van der Waals surface area contributed by atoms with Crippen molar-refractivity contribution in [2.75, 3.05) is 6.54 Å². The lowest BCUT2D eigenvalue weighted by Crippen LogP contribution is -2.49. The molecule has 1 amide bonds. The maximum atomic E-state index is 12.0. The molecule has 0 aromatic rings. The van der Waals surface area contributed by atoms with Gasteiger partial charge in [-0.1, -0.05) is 13.8 Å². The quantitative estimate of drug-likeness (QED) is 0.801. The molecule has 17 heavy (non-hydrogen) atoms. The number of ether oxygens (including phenoxy) is 1. The first-order chi connectivity index (χ1) is 8.15. The van der Waals surface area contributed by atoms with Gasteiger partial charge in [-0.3, -0.25) is 10.1 Å². The molecule has 4 unspecified atom stereocenters. The highest BCUT2D eigenvalue weighted by atomic mass is 16.5. The highest BCUT2D eigenvalue weighted by Gasteiger charge is 2.48. The summed E-state index contributed by atoms with van der Waals surface area (Å²) < 4.78 is 5.88. The van der Waals surface area contributed by atoms with Crippen LogP contribution in [0.25, 0.3) is 0 Å². The molecule has 3 fully saturated rings. The van der Waals surface area contributed by atoms with Gasteiger partial charge in [0.05, 0.1) is 31.0 Å². The van der Waals surface area contributed by atoms with Crippen LogP contribution in [-0.2, 0) is 9.53 Å². The van der Waals surface area contributed by atoms with E-state index in [4.69, 9.17) is 4.74 Å². The average molecular weight is 238 g/mol. The number of rotatable bonds is 3. The normalized spacial score (nSPS) is 40.9. The second-order valence-corrected chi connectivity index (χ2v) is 6.00. The van der Waals surface area contributed by atoms with Crippen molar-refractivity contribution in [1.82, 2.24) is 10.2 Å². The Balaban J connectivity index is 1.73. The molecule has 3 saturated heterocycles. The number of carbonyl (C=O) groups excluding carboxylic acids is 1. The fourth-order valence-electron chi connectivity index (χ4n) is 3.53. The van der Waals surface area contributed by atoms with Gasteiger partial charge in [-0.05, 0) is 31.6 Å². The number of nitrogens with zero attached hydrogens (tertiary/aromatic N) is 1. The molecule has 0 spiro atoms. The third-order valence-electron chi connectivity index (χ3n) is 4.24. The first-order valence-corrected chi connectivity index (χ1v) is 6.85. The van der Waals surface area contributed by atoms with Gasteiger partial charge in [0.25, 0.3) is 0 Å². The van der Waals surface area contributed by atoms with Crippen LogP contribution in [0.1, 0.15) is 39.5 Å². The summed E-state index contributed by atoms with van der Waals surface area (Å²) in [5.41, 5.74) is 0. The van der Waals surface area contributed by atoms with E-state index in [2.05, 4.69) is 24.1 Å². The summed E-state index contributed by atoms with van der Waals surface area (Å²) in [5.74, 6) is 0.872. The zero-order valence-electron chi connectivity index (χ0n) is 10.7. The zero-order valence-corrected chi connectivity index (χ0v) is 10.7. The zero-order chi connectivity index (χ0) is 12.0. The van der Waals surface area contributed by atoms with Gasteiger partial charge in [-0.25, -0.2) is 0 Å². The summed E-state index contributed by atoms with van der Waals surface area (Å²) in [7, 11) is 0. The Morgan fingerprint density at radius 3 is 2.88 bits per heavy atom. The van der Waals surface area contributed by atoms with Crippen LogP contribution in [0.5, 0.6) is 0 Å². The van der Waals surface area contributed by atoms with Gasteiger partial charge in [0.15, 0.2) is 0 Å². The summed E-state index contributed by atoms with van der Waals surface area (Å²) in [6, 6.07) is 0.333. The molecule has 0 saturated carbocycles. The highest BCUT2D eigenvalue weighted by Crippen LogP contribution is 2.38. The molecule has 3 aliphatic heterocycles. The SMILES string of the molecule is CC(C)CC1NCC(=O)N1C1CC2CCC1O2. The van der Waals surface area contributed by atoms with Crippen molar-refractivity contribution in [3.05, 3.63) is 0 Å². The summed E-state index contributed by atoms with van der Waals surface area (Å²) >= 11 is 0. The lowest BCUT2D eigenvalue weighted by Gasteiger charge is -2.34. The van der Waals surface area contributed by atoms with Gasteiger partial charge < -0.3 is 9.64 Å². The predicted molar refractivity (Wildman–Crippen MR) is 64.4 cm³/mol. The minimum absolute atomic E-state index is 0.232. The molecular weight excluding hydrogens is 216 g/mol. The second-order valence-electron chi connectivity index (χ2n) is 6.00. The van der Waals surface area contributed by atoms with Gasteiger partial charge in [0.1, 0.15) is 0 Å². The second kappa shape index (κ2) is 4.25. The van der Waals surface area contributed by atoms with Crippen LogP contribution in [0.4, 0.5) is 0 Å². The Kier molecular flexibility index (Phi) is 2.87. The molecular formula is C13H22N2O2. The van der Waals surface area contributed by atoms with E-state index in [0.29, 0.717) is 30.7 Å². The van der Waals surface area contributed by atoms with Gasteiger partial charge in [-0.15, -0.1) is 0 Å². The van der Waals surface area contributed by atoms with Crippen molar-refractivity contribution in [3.63, 3.8) is 0 Å². The van der Waals surface area contributed by atoms with Crippen molar-refractivity contribution < 1.29 is 9.53 Å². The smallest absolute Gasteiger partial charge is 0.238 e. The van der Waals surface area contributed by atoms with Crippen molar-refractivity contribution >= 4 is 5.91 Å². The molecule has 96 valence electrons. The Labute approximate surface area is 103 Å². The first kappa shape index (κ1) is 11.5. The van der Waals surface area contributed by atoms with Gasteiger partial charge in [0.2, 0.25) is 5.91 Å². The summed E-state index contributed by atoms with van der Waals surface area (Å²) in [6.45, 7) is 4.92. The van der Waals surface area contributed by atoms with Crippen LogP contribution in [0.15, 0.2) is 0 Å². The maximum Gasteiger partial charge on any atom is 0.238 e. The number of hydrogen-bond donors (Lipinski definition) is 1. The number of fused-ring (bicyclic) bond motifs is 2. The van der Waals surface area contributed by atoms with E-state index in [-0.39, 0.29) is 12.1 Å². The largest absolute Gasteiger partial charge is 0.373 e. The minimum atomic E-state index is 0.232. The van der Waals surface area contributed by atoms with E-state index in [1.165, 1.54) is 6.42 Å². The molecule has 3 aliphatic rings. The minimum Gasteiger partial charge on any atom is -0.373 e. The average Bonchev–Trinajstić information content (AvgIpc) is 2.93. The molecule has 4 atom stereocenters. The molecule has 2 bridgehead atoms. The third-order valence-corrected chi connectivity index (χ3v) is 4.24. The van der Waals surface area contributed by atoms with Crippen LogP contribution in [-0.4, -0.2) is 41.8 Å². The number of hydrogen-bond acceptors (Lipinski definition) is 3. The van der Waals surface area contributed by atoms with E-state index in [1.54, 1.807) is 0 Å². The van der Waals surface area contributed by atoms with Crippen LogP contribution >= 0.6 is 0 Å². The standard InChI is InChI=1S/C13H22N2O2/c1-8(2)5-12-14-7-13(16)15(12)10-6-9-3-4-11(10)17-9/h8-12,14H,3-7H2,1-2H3. The van der Waals surface area contributed by atoms with E-state index in [0.717, 1.165) is 19.3 Å². The molecule has 0 aliphatic carbocycles. The van der Waals surface area contributed by atoms with Crippen molar-refractivity contribution in [1.29, 1.82) is 0 Å². The predicted octanol–water partition coefficient (Wildman–Crippen LogP) is 1.11. The monoisotopic (exact) mass is 238 g/mol. The maximum absolute atomic E-state index is 12.0. The van der Waals surface area contributed by atoms with Crippen molar-refractivity contribution in [2.24, 2.45) is 5.92 Å². The molecule has 4 nitrogen and oxygen atoms in total. The number of nitrogens with one attached hydrogen (secondary N) is 1. The summed E-state index contributed by atoms with van der Waals surface area (Å²) in [5, 5.41) is 3.34. The van der Waals surface area contributed by atoms with E-state index in [9.17, 15) is 4.79 Å². The van der Waals surface area contributed by atoms with Crippen LogP contribution in [0.3, 0.4) is 0 Å². The van der Waals surface area contributed by atoms with Gasteiger partial charge in [-0.2, -0.15) is 0 Å². The number of carbonyl (C=O) groups is 1. The Bertz CT molecular complexity index is 319. The Hall–Kier alpha value is -0.610. The first-order valence-electron chi connectivity index (χ1n) is 6.85. The Morgan fingerprint density at radius 2 is 2.29 bits per heavy atom. The van der Waals surface area contributed by atoms with Crippen LogP contribution < -0.4 is 5.32 Å². The lowest BCUT2D eigenvalue weighted by molar-refractivity contribution is -0.131. The molecule has 0 aromatic heterocycles. The van der Waals surface area contributed by atoms with E-state index in [1.807, 2.05) is 0 Å². The van der Waals surface area contributed by atoms with Gasteiger partial charge >= 0.3 is 0 Å². The van der Waals surface area contributed by atoms with Crippen LogP contribution in [0.2, 0.25) is 0 Å². The third kappa shape index (κ3) is 1.97. The molecule has 4 heteroatoms. The molecule has 0 radical (unpaired) electrons. The molecule has 0 aromatic carbocycles. The molecule has 3 heterocycles. The fraction of sp³-hybridized carbons (Fsp3) is 0.923. The van der Waals surface area contributed by atoms with Crippen LogP contribution in [0, 0.1) is 5.92 Å². The lowest BCUT2D eigenvalue weighted by atomic mass is 9.93. The van der Waals surface area contributed by atoms with Gasteiger partial charge in [0, 0.05) is 0 Å².